The van der Waals surface area contributed by atoms with Crippen molar-refractivity contribution in [3.05, 3.63) is 71.8 Å². The smallest absolute Gasteiger partial charge is 0.332 e. The van der Waals surface area contributed by atoms with Crippen LogP contribution < -0.4 is 0 Å². The minimum absolute atomic E-state index is 0.366. The van der Waals surface area contributed by atoms with Gasteiger partial charge in [0, 0.05) is 13.1 Å². The second-order valence-corrected chi connectivity index (χ2v) is 6.35. The standard InChI is InChI=1S/C18H14ClF6NO/c19-16(17(20,21)22,18(23,24)25)15(27)26(11-13-7-3-1-4-8-13)12-14-9-5-2-6-10-14/h1-10H,11-12H2. The molecule has 146 valence electrons. The zero-order chi connectivity index (χ0) is 20.3. The van der Waals surface area contributed by atoms with Crippen LogP contribution in [0, 0.1) is 0 Å². The number of alkyl halides is 7. The van der Waals surface area contributed by atoms with Crippen molar-refractivity contribution in [2.45, 2.75) is 30.3 Å². The first-order chi connectivity index (χ1) is 12.5. The molecule has 0 heterocycles. The summed E-state index contributed by atoms with van der Waals surface area (Å²) in [5.41, 5.74) is 0.732. The normalized spacial score (nSPS) is 12.7. The lowest BCUT2D eigenvalue weighted by atomic mass is 10.0. The molecule has 2 nitrogen and oxygen atoms in total. The average molecular weight is 410 g/mol. The van der Waals surface area contributed by atoms with Gasteiger partial charge in [0.05, 0.1) is 0 Å². The molecule has 0 saturated carbocycles. The van der Waals surface area contributed by atoms with E-state index in [2.05, 4.69) is 0 Å². The predicted molar refractivity (Wildman–Crippen MR) is 87.8 cm³/mol. The Morgan fingerprint density at radius 2 is 1.07 bits per heavy atom. The van der Waals surface area contributed by atoms with Gasteiger partial charge >= 0.3 is 17.2 Å². The summed E-state index contributed by atoms with van der Waals surface area (Å²) in [4.78, 5) is 7.85. The number of nitrogens with zero attached hydrogens (tertiary/aromatic N) is 1. The molecular formula is C18H14ClF6NO. The molecule has 0 aromatic heterocycles. The van der Waals surface area contributed by atoms with Gasteiger partial charge in [0.2, 0.25) is 0 Å². The molecule has 0 unspecified atom stereocenters. The van der Waals surface area contributed by atoms with Gasteiger partial charge in [0.25, 0.3) is 5.91 Å². The Labute approximate surface area is 156 Å². The van der Waals surface area contributed by atoms with E-state index in [9.17, 15) is 31.1 Å². The Morgan fingerprint density at radius 1 is 0.741 bits per heavy atom. The van der Waals surface area contributed by atoms with Crippen molar-refractivity contribution < 1.29 is 31.1 Å². The maximum Gasteiger partial charge on any atom is 0.425 e. The highest BCUT2D eigenvalue weighted by molar-refractivity contribution is 6.36. The lowest BCUT2D eigenvalue weighted by Crippen LogP contribution is -2.62. The largest absolute Gasteiger partial charge is 0.425 e. The number of hydrogen-bond donors (Lipinski definition) is 0. The number of rotatable bonds is 5. The van der Waals surface area contributed by atoms with Gasteiger partial charge in [-0.25, -0.2) is 0 Å². The molecular weight excluding hydrogens is 396 g/mol. The molecule has 9 heteroatoms. The highest BCUT2D eigenvalue weighted by Crippen LogP contribution is 2.49. The first-order valence-corrected chi connectivity index (χ1v) is 8.04. The Bertz CT molecular complexity index is 705. The van der Waals surface area contributed by atoms with Crippen LogP contribution in [-0.4, -0.2) is 28.0 Å². The molecule has 27 heavy (non-hydrogen) atoms. The Kier molecular flexibility index (Phi) is 6.09. The maximum absolute atomic E-state index is 13.2. The third-order valence-corrected chi connectivity index (χ3v) is 4.39. The van der Waals surface area contributed by atoms with Gasteiger partial charge in [-0.1, -0.05) is 72.3 Å². The number of amides is 1. The number of halogens is 7. The third-order valence-electron chi connectivity index (χ3n) is 3.80. The summed E-state index contributed by atoms with van der Waals surface area (Å²) in [6.45, 7) is -0.926. The van der Waals surface area contributed by atoms with E-state index in [4.69, 9.17) is 11.6 Å². The number of carbonyl (C=O) groups is 1. The van der Waals surface area contributed by atoms with Gasteiger partial charge in [0.1, 0.15) is 0 Å². The summed E-state index contributed by atoms with van der Waals surface area (Å²) in [5, 5.41) is 0. The second kappa shape index (κ2) is 7.80. The van der Waals surface area contributed by atoms with Gasteiger partial charge in [0.15, 0.2) is 0 Å². The van der Waals surface area contributed by atoms with Crippen LogP contribution in [0.25, 0.3) is 0 Å². The molecule has 0 bridgehead atoms. The molecule has 2 aromatic carbocycles. The molecule has 2 aromatic rings. The van der Waals surface area contributed by atoms with Crippen LogP contribution in [0.15, 0.2) is 60.7 Å². The van der Waals surface area contributed by atoms with E-state index in [1.807, 2.05) is 0 Å². The first-order valence-electron chi connectivity index (χ1n) is 7.66. The van der Waals surface area contributed by atoms with E-state index < -0.39 is 36.2 Å². The van der Waals surface area contributed by atoms with Crippen LogP contribution in [0.3, 0.4) is 0 Å². The minimum atomic E-state index is -6.02. The van der Waals surface area contributed by atoms with Crippen molar-refractivity contribution in [3.8, 4) is 0 Å². The fourth-order valence-corrected chi connectivity index (χ4v) is 2.55. The average Bonchev–Trinajstić information content (AvgIpc) is 2.59. The van der Waals surface area contributed by atoms with Crippen LogP contribution in [-0.2, 0) is 17.9 Å². The molecule has 0 aliphatic rings. The van der Waals surface area contributed by atoms with E-state index in [0.717, 1.165) is 0 Å². The lowest BCUT2D eigenvalue weighted by molar-refractivity contribution is -0.264. The zero-order valence-corrected chi connectivity index (χ0v) is 14.4. The van der Waals surface area contributed by atoms with Gasteiger partial charge in [-0.3, -0.25) is 4.79 Å². The van der Waals surface area contributed by atoms with Crippen molar-refractivity contribution >= 4 is 17.5 Å². The number of carbonyl (C=O) groups excluding carboxylic acids is 1. The SMILES string of the molecule is O=C(N(Cc1ccccc1)Cc1ccccc1)C(Cl)(C(F)(F)F)C(F)(F)F. The lowest BCUT2D eigenvalue weighted by Gasteiger charge is -2.35. The summed E-state index contributed by atoms with van der Waals surface area (Å²) in [6.07, 6.45) is -12.0. The van der Waals surface area contributed by atoms with E-state index in [1.54, 1.807) is 36.4 Å². The summed E-state index contributed by atoms with van der Waals surface area (Å²) in [5.74, 6) is -2.27. The topological polar surface area (TPSA) is 20.3 Å². The molecule has 2 rings (SSSR count). The zero-order valence-electron chi connectivity index (χ0n) is 13.7. The van der Waals surface area contributed by atoms with E-state index in [1.165, 1.54) is 24.3 Å². The van der Waals surface area contributed by atoms with Crippen LogP contribution in [0.1, 0.15) is 11.1 Å². The maximum atomic E-state index is 13.2. The Balaban J connectivity index is 2.45. The van der Waals surface area contributed by atoms with Gasteiger partial charge in [-0.2, -0.15) is 26.3 Å². The molecule has 0 saturated heterocycles. The summed E-state index contributed by atoms with van der Waals surface area (Å²) >= 11 is 4.93. The molecule has 0 aliphatic carbocycles. The fraction of sp³-hybridized carbons (Fsp3) is 0.278. The van der Waals surface area contributed by atoms with Crippen LogP contribution >= 0.6 is 11.6 Å². The molecule has 0 atom stereocenters. The van der Waals surface area contributed by atoms with E-state index in [0.29, 0.717) is 16.0 Å². The predicted octanol–water partition coefficient (Wildman–Crippen LogP) is 5.32. The molecule has 1 amide bonds. The van der Waals surface area contributed by atoms with E-state index >= 15 is 0 Å². The van der Waals surface area contributed by atoms with Gasteiger partial charge in [-0.05, 0) is 11.1 Å². The summed E-state index contributed by atoms with van der Waals surface area (Å²) < 4.78 is 79.1. The minimum Gasteiger partial charge on any atom is -0.332 e. The Hall–Kier alpha value is -2.22. The molecule has 0 aliphatic heterocycles. The molecule has 0 spiro atoms. The van der Waals surface area contributed by atoms with Crippen LogP contribution in [0.4, 0.5) is 26.3 Å². The van der Waals surface area contributed by atoms with Gasteiger partial charge < -0.3 is 4.90 Å². The van der Waals surface area contributed by atoms with Crippen molar-refractivity contribution in [1.29, 1.82) is 0 Å². The Morgan fingerprint density at radius 3 is 1.37 bits per heavy atom. The quantitative estimate of drug-likeness (QED) is 0.483. The van der Waals surface area contributed by atoms with Crippen molar-refractivity contribution in [3.63, 3.8) is 0 Å². The number of hydrogen-bond acceptors (Lipinski definition) is 1. The number of benzene rings is 2. The fourth-order valence-electron chi connectivity index (χ4n) is 2.43. The summed E-state index contributed by atoms with van der Waals surface area (Å²) in [7, 11) is 0. The van der Waals surface area contributed by atoms with Crippen molar-refractivity contribution in [1.82, 2.24) is 4.90 Å². The highest BCUT2D eigenvalue weighted by Gasteiger charge is 2.75. The van der Waals surface area contributed by atoms with Crippen molar-refractivity contribution in [2.24, 2.45) is 0 Å². The monoisotopic (exact) mass is 409 g/mol. The molecule has 0 fully saturated rings. The van der Waals surface area contributed by atoms with Crippen LogP contribution in [0.2, 0.25) is 0 Å². The summed E-state index contributed by atoms with van der Waals surface area (Å²) in [6, 6.07) is 15.4. The third kappa shape index (κ3) is 4.55. The second-order valence-electron chi connectivity index (χ2n) is 5.79. The van der Waals surface area contributed by atoms with Crippen molar-refractivity contribution in [2.75, 3.05) is 0 Å². The highest BCUT2D eigenvalue weighted by atomic mass is 35.5. The first kappa shape index (κ1) is 21.1. The van der Waals surface area contributed by atoms with Gasteiger partial charge in [-0.15, -0.1) is 0 Å². The molecule has 0 N–H and O–H groups in total. The van der Waals surface area contributed by atoms with Crippen LogP contribution in [0.5, 0.6) is 0 Å². The van der Waals surface area contributed by atoms with E-state index in [-0.39, 0.29) is 0 Å². The molecule has 0 radical (unpaired) electrons.